The molecule has 9 nitrogen and oxygen atoms in total. The molecule has 6 aliphatic heterocycles. The average molecular weight is 426 g/mol. The van der Waals surface area contributed by atoms with E-state index in [1.54, 1.807) is 66.1 Å². The lowest BCUT2D eigenvalue weighted by Crippen LogP contribution is -2.42. The highest BCUT2D eigenvalue weighted by atomic mass is 16.5. The summed E-state index contributed by atoms with van der Waals surface area (Å²) >= 11 is 0. The zero-order chi connectivity index (χ0) is 21.9. The number of anilines is 1. The summed E-state index contributed by atoms with van der Waals surface area (Å²) in [5.74, 6) is 0.759. The fraction of sp³-hybridized carbons (Fsp3) is 0.130. The fourth-order valence-corrected chi connectivity index (χ4v) is 3.48. The Hall–Kier alpha value is -4.40. The Bertz CT molecular complexity index is 1320. The van der Waals surface area contributed by atoms with Gasteiger partial charge in [0.1, 0.15) is 17.9 Å². The van der Waals surface area contributed by atoms with E-state index in [-0.39, 0.29) is 12.3 Å². The fourth-order valence-electron chi connectivity index (χ4n) is 3.48. The predicted molar refractivity (Wildman–Crippen MR) is 118 cm³/mol. The second kappa shape index (κ2) is 8.38. The topological polar surface area (TPSA) is 100 Å². The summed E-state index contributed by atoms with van der Waals surface area (Å²) in [6.07, 6.45) is 13.5. The van der Waals surface area contributed by atoms with E-state index < -0.39 is 5.91 Å². The number of aromatic nitrogens is 2. The van der Waals surface area contributed by atoms with Crippen LogP contribution in [0, 0.1) is 0 Å². The standard InChI is InChI=1S/C23H18N6O3/c30-19-4-2-1-3-13-32-17-7-5-16(6-8-17)24-14-18-20-21(27-23(18)31)25-15-26-22(20)29-11-9-28(19)10-12-29/h1-3,5-9,11,13-15H,4,10,12H2/b2-1-,13-3+,24-14?. The third-order valence-corrected chi connectivity index (χ3v) is 5.12. The quantitative estimate of drug-likeness (QED) is 0.627. The Morgan fingerprint density at radius 1 is 0.938 bits per heavy atom. The van der Waals surface area contributed by atoms with Crippen molar-refractivity contribution in [3.8, 4) is 5.75 Å². The molecular weight excluding hydrogens is 408 g/mol. The molecule has 2 amide bonds. The second-order valence-corrected chi connectivity index (χ2v) is 7.14. The summed E-state index contributed by atoms with van der Waals surface area (Å²) < 4.78 is 5.54. The molecule has 1 aromatic carbocycles. The minimum absolute atomic E-state index is 0.0195. The summed E-state index contributed by atoms with van der Waals surface area (Å²) in [5.41, 5.74) is 1.30. The molecule has 2 aromatic rings. The van der Waals surface area contributed by atoms with Gasteiger partial charge in [-0.25, -0.2) is 9.97 Å². The minimum atomic E-state index is -0.415. The van der Waals surface area contributed by atoms with Crippen molar-refractivity contribution in [2.24, 2.45) is 9.98 Å². The van der Waals surface area contributed by atoms with Crippen molar-refractivity contribution >= 4 is 35.1 Å². The van der Waals surface area contributed by atoms with Crippen molar-refractivity contribution in [2.45, 2.75) is 6.42 Å². The molecule has 7 heterocycles. The molecule has 0 saturated carbocycles. The van der Waals surface area contributed by atoms with E-state index in [9.17, 15) is 9.59 Å². The van der Waals surface area contributed by atoms with Crippen molar-refractivity contribution in [1.29, 1.82) is 0 Å². The summed E-state index contributed by atoms with van der Waals surface area (Å²) in [6.45, 7) is 1.00. The van der Waals surface area contributed by atoms with Gasteiger partial charge in [-0.3, -0.25) is 14.6 Å². The number of nitrogens with zero attached hydrogens (tertiary/aromatic N) is 6. The number of carbonyl (C=O) groups excluding carboxylic acids is 2. The Morgan fingerprint density at radius 2 is 1.75 bits per heavy atom. The molecule has 158 valence electrons. The lowest BCUT2D eigenvalue weighted by Gasteiger charge is -2.29. The lowest BCUT2D eigenvalue weighted by molar-refractivity contribution is -0.127. The molecule has 0 fully saturated rings. The third-order valence-electron chi connectivity index (χ3n) is 5.12. The van der Waals surface area contributed by atoms with Gasteiger partial charge in [0.2, 0.25) is 5.91 Å². The van der Waals surface area contributed by atoms with Gasteiger partial charge < -0.3 is 14.5 Å². The van der Waals surface area contributed by atoms with Crippen LogP contribution in [-0.2, 0) is 9.59 Å². The van der Waals surface area contributed by atoms with Crippen LogP contribution in [0.25, 0.3) is 5.57 Å². The van der Waals surface area contributed by atoms with Crippen LogP contribution in [-0.4, -0.2) is 46.0 Å². The molecule has 32 heavy (non-hydrogen) atoms. The normalized spacial score (nSPS) is 19.6. The molecule has 0 spiro atoms. The monoisotopic (exact) mass is 426 g/mol. The van der Waals surface area contributed by atoms with Crippen molar-refractivity contribution in [3.05, 3.63) is 78.2 Å². The van der Waals surface area contributed by atoms with Gasteiger partial charge in [-0.15, -0.1) is 0 Å². The summed E-state index contributed by atoms with van der Waals surface area (Å²) in [5, 5.41) is 0.535. The summed E-state index contributed by atoms with van der Waals surface area (Å²) in [7, 11) is 0. The molecule has 6 aliphatic rings. The number of hydrogen-bond donors (Lipinski definition) is 0. The van der Waals surface area contributed by atoms with Crippen LogP contribution >= 0.6 is 0 Å². The van der Waals surface area contributed by atoms with E-state index in [2.05, 4.69) is 20.0 Å². The Balaban J connectivity index is 1.61. The van der Waals surface area contributed by atoms with Crippen LogP contribution in [0.3, 0.4) is 0 Å². The highest BCUT2D eigenvalue weighted by Gasteiger charge is 2.23. The first-order valence-corrected chi connectivity index (χ1v) is 10.0. The van der Waals surface area contributed by atoms with Gasteiger partial charge in [-0.05, 0) is 30.3 Å². The van der Waals surface area contributed by atoms with E-state index in [1.807, 2.05) is 4.90 Å². The van der Waals surface area contributed by atoms with Gasteiger partial charge >= 0.3 is 0 Å². The van der Waals surface area contributed by atoms with Crippen LogP contribution in [0.4, 0.5) is 11.5 Å². The third kappa shape index (κ3) is 3.83. The second-order valence-electron chi connectivity index (χ2n) is 7.14. The maximum atomic E-state index is 12.6. The van der Waals surface area contributed by atoms with Gasteiger partial charge in [-0.1, -0.05) is 12.2 Å². The maximum absolute atomic E-state index is 12.6. The van der Waals surface area contributed by atoms with Gasteiger partial charge in [0.05, 0.1) is 22.7 Å². The Morgan fingerprint density at radius 3 is 2.56 bits per heavy atom. The largest absolute Gasteiger partial charge is 0.465 e. The number of aliphatic imine (C=N–C) groups is 1. The molecule has 1 aromatic heterocycles. The van der Waals surface area contributed by atoms with Gasteiger partial charge in [0, 0.05) is 38.1 Å². The van der Waals surface area contributed by atoms with Gasteiger partial charge in [-0.2, -0.15) is 4.99 Å². The zero-order valence-corrected chi connectivity index (χ0v) is 17.0. The average Bonchev–Trinajstić information content (AvgIpc) is 3.15. The smallest absolute Gasteiger partial charge is 0.281 e. The van der Waals surface area contributed by atoms with Crippen molar-refractivity contribution in [1.82, 2.24) is 14.9 Å². The molecule has 0 N–H and O–H groups in total. The van der Waals surface area contributed by atoms with Crippen LogP contribution in [0.15, 0.2) is 77.5 Å². The molecule has 0 saturated heterocycles. The van der Waals surface area contributed by atoms with Crippen LogP contribution in [0.2, 0.25) is 0 Å². The van der Waals surface area contributed by atoms with E-state index in [0.29, 0.717) is 46.6 Å². The Kier molecular flexibility index (Phi) is 5.12. The zero-order valence-electron chi connectivity index (χ0n) is 17.0. The van der Waals surface area contributed by atoms with Crippen molar-refractivity contribution in [2.75, 3.05) is 18.0 Å². The molecular formula is C23H18N6O3. The first-order chi connectivity index (χ1) is 15.7. The Labute approximate surface area is 183 Å². The van der Waals surface area contributed by atoms with Crippen LogP contribution in [0.1, 0.15) is 6.42 Å². The molecule has 0 radical (unpaired) electrons. The number of rotatable bonds is 0. The maximum Gasteiger partial charge on any atom is 0.281 e. The number of benzene rings is 1. The highest BCUT2D eigenvalue weighted by molar-refractivity contribution is 6.36. The number of carbonyl (C=O) groups is 2. The van der Waals surface area contributed by atoms with Gasteiger partial charge in [0.15, 0.2) is 5.49 Å². The number of amides is 2. The molecule has 4 bridgehead atoms. The lowest BCUT2D eigenvalue weighted by atomic mass is 10.2. The minimum Gasteiger partial charge on any atom is -0.465 e. The molecule has 0 aliphatic carbocycles. The summed E-state index contributed by atoms with van der Waals surface area (Å²) in [6, 6.07) is 7.13. The SMILES string of the molecule is O=C1N=c2ncnc3c2=C1C=Nc1ccc(cc1)O/C=C/C=C\CC(=O)N1C=CN3CC1. The van der Waals surface area contributed by atoms with E-state index >= 15 is 0 Å². The van der Waals surface area contributed by atoms with Crippen molar-refractivity contribution in [3.63, 3.8) is 0 Å². The highest BCUT2D eigenvalue weighted by Crippen LogP contribution is 2.19. The van der Waals surface area contributed by atoms with Gasteiger partial charge in [0.25, 0.3) is 5.91 Å². The first kappa shape index (κ1) is 19.6. The molecule has 0 unspecified atom stereocenters. The predicted octanol–water partition coefficient (Wildman–Crippen LogP) is 1.16. The van der Waals surface area contributed by atoms with E-state index in [0.717, 1.165) is 0 Å². The van der Waals surface area contributed by atoms with Crippen LogP contribution in [0.5, 0.6) is 5.75 Å². The van der Waals surface area contributed by atoms with Crippen LogP contribution < -0.4 is 20.3 Å². The van der Waals surface area contributed by atoms with Crippen molar-refractivity contribution < 1.29 is 14.3 Å². The number of ether oxygens (including phenoxy) is 1. The molecule has 8 rings (SSSR count). The summed E-state index contributed by atoms with van der Waals surface area (Å²) in [4.78, 5) is 45.6. The molecule has 0 atom stereocenters. The number of hydrogen-bond acceptors (Lipinski definition) is 7. The van der Waals surface area contributed by atoms with E-state index in [4.69, 9.17) is 4.74 Å². The first-order valence-electron chi connectivity index (χ1n) is 10.0. The molecule has 9 heteroatoms. The van der Waals surface area contributed by atoms with E-state index in [1.165, 1.54) is 12.5 Å². The number of allylic oxidation sites excluding steroid dienone is 2.